The molecular weight excluding hydrogens is 288 g/mol. The number of aliphatic hydroxyl groups excluding tert-OH is 3. The third-order valence-corrected chi connectivity index (χ3v) is 3.83. The fourth-order valence-electron chi connectivity index (χ4n) is 2.58. The summed E-state index contributed by atoms with van der Waals surface area (Å²) in [6.45, 7) is -0.269. The van der Waals surface area contributed by atoms with Crippen molar-refractivity contribution in [3.63, 3.8) is 0 Å². The van der Waals surface area contributed by atoms with Crippen molar-refractivity contribution in [3.8, 4) is 0 Å². The van der Waals surface area contributed by atoms with E-state index in [0.29, 0.717) is 18.5 Å². The highest BCUT2D eigenvalue weighted by atomic mass is 16.4. The summed E-state index contributed by atoms with van der Waals surface area (Å²) in [5.41, 5.74) is 0.400. The predicted octanol–water partition coefficient (Wildman–Crippen LogP) is -1.36. The molecule has 1 aliphatic heterocycles. The Balaban J connectivity index is 2.13. The van der Waals surface area contributed by atoms with Gasteiger partial charge in [0.05, 0.1) is 12.7 Å². The van der Waals surface area contributed by atoms with E-state index < -0.39 is 42.6 Å². The summed E-state index contributed by atoms with van der Waals surface area (Å²) in [6, 6.07) is 7.45. The van der Waals surface area contributed by atoms with Gasteiger partial charge in [0.25, 0.3) is 5.91 Å². The fourth-order valence-corrected chi connectivity index (χ4v) is 2.58. The van der Waals surface area contributed by atoms with Gasteiger partial charge in [0, 0.05) is 18.0 Å². The number of benzene rings is 1. The van der Waals surface area contributed by atoms with Crippen LogP contribution in [-0.2, 0) is 4.79 Å². The fraction of sp³-hybridized carbons (Fsp3) is 0.467. The molecule has 2 amide bonds. The van der Waals surface area contributed by atoms with E-state index in [1.807, 2.05) is 0 Å². The molecule has 22 heavy (non-hydrogen) atoms. The van der Waals surface area contributed by atoms with Gasteiger partial charge in [-0.15, -0.1) is 0 Å². The van der Waals surface area contributed by atoms with Crippen LogP contribution >= 0.6 is 0 Å². The maximum Gasteiger partial charge on any atom is 0.251 e. The van der Waals surface area contributed by atoms with Gasteiger partial charge >= 0.3 is 0 Å². The third-order valence-electron chi connectivity index (χ3n) is 3.83. The lowest BCUT2D eigenvalue weighted by molar-refractivity contribution is -0.130. The van der Waals surface area contributed by atoms with Crippen molar-refractivity contribution in [1.82, 2.24) is 10.6 Å². The van der Waals surface area contributed by atoms with Crippen molar-refractivity contribution in [2.75, 3.05) is 13.2 Å². The highest BCUT2D eigenvalue weighted by Gasteiger charge is 2.40. The molecule has 2 unspecified atom stereocenters. The number of aliphatic hydroxyl groups is 3. The first kappa shape index (κ1) is 16.4. The molecule has 1 saturated heterocycles. The minimum absolute atomic E-state index is 0.344. The van der Waals surface area contributed by atoms with Crippen molar-refractivity contribution < 1.29 is 24.9 Å². The quantitative estimate of drug-likeness (QED) is 0.460. The smallest absolute Gasteiger partial charge is 0.251 e. The van der Waals surface area contributed by atoms with Crippen LogP contribution in [0.5, 0.6) is 0 Å². The van der Waals surface area contributed by atoms with Crippen LogP contribution < -0.4 is 10.6 Å². The van der Waals surface area contributed by atoms with Crippen molar-refractivity contribution in [1.29, 1.82) is 0 Å². The van der Waals surface area contributed by atoms with Gasteiger partial charge in [-0.3, -0.25) is 9.59 Å². The summed E-state index contributed by atoms with van der Waals surface area (Å²) >= 11 is 0. The summed E-state index contributed by atoms with van der Waals surface area (Å²) in [6.07, 6.45) is -2.26. The first-order valence-electron chi connectivity index (χ1n) is 7.15. The van der Waals surface area contributed by atoms with Crippen molar-refractivity contribution >= 4 is 11.8 Å². The molecule has 0 aromatic heterocycles. The lowest BCUT2D eigenvalue weighted by Crippen LogP contribution is -2.59. The Hall–Kier alpha value is -1.96. The Morgan fingerprint density at radius 2 is 2.00 bits per heavy atom. The summed E-state index contributed by atoms with van der Waals surface area (Å²) in [7, 11) is 0. The molecule has 2 rings (SSSR count). The predicted molar refractivity (Wildman–Crippen MR) is 77.9 cm³/mol. The van der Waals surface area contributed by atoms with E-state index in [9.17, 15) is 19.8 Å². The molecule has 0 radical (unpaired) electrons. The molecule has 1 aromatic rings. The molecule has 7 nitrogen and oxygen atoms in total. The molecule has 7 heteroatoms. The molecule has 1 aliphatic rings. The number of hydrogen-bond donors (Lipinski definition) is 5. The van der Waals surface area contributed by atoms with Crippen LogP contribution in [0.25, 0.3) is 0 Å². The zero-order valence-corrected chi connectivity index (χ0v) is 12.0. The minimum atomic E-state index is -1.35. The summed E-state index contributed by atoms with van der Waals surface area (Å²) < 4.78 is 0. The van der Waals surface area contributed by atoms with E-state index in [0.717, 1.165) is 0 Å². The Morgan fingerprint density at radius 1 is 1.32 bits per heavy atom. The normalized spacial score (nSPS) is 24.2. The van der Waals surface area contributed by atoms with Gasteiger partial charge in [-0.25, -0.2) is 0 Å². The van der Waals surface area contributed by atoms with Gasteiger partial charge in [-0.1, -0.05) is 18.2 Å². The zero-order valence-electron chi connectivity index (χ0n) is 12.0. The number of carbonyl (C=O) groups is 2. The van der Waals surface area contributed by atoms with Gasteiger partial charge in [-0.2, -0.15) is 0 Å². The van der Waals surface area contributed by atoms with Gasteiger partial charge in [-0.05, 0) is 18.6 Å². The number of carbonyl (C=O) groups excluding carboxylic acids is 2. The second-order valence-electron chi connectivity index (χ2n) is 5.30. The van der Waals surface area contributed by atoms with Crippen LogP contribution in [0.15, 0.2) is 30.3 Å². The van der Waals surface area contributed by atoms with E-state index in [2.05, 4.69) is 10.6 Å². The minimum Gasteiger partial charge on any atom is -0.394 e. The molecule has 0 spiro atoms. The molecule has 0 saturated carbocycles. The van der Waals surface area contributed by atoms with Crippen LogP contribution in [0.4, 0.5) is 0 Å². The molecule has 1 aromatic carbocycles. The monoisotopic (exact) mass is 308 g/mol. The molecule has 5 N–H and O–H groups in total. The average Bonchev–Trinajstić information content (AvgIpc) is 2.56. The highest BCUT2D eigenvalue weighted by molar-refractivity contribution is 5.97. The van der Waals surface area contributed by atoms with E-state index in [1.165, 1.54) is 0 Å². The number of hydrogen-bond acceptors (Lipinski definition) is 5. The largest absolute Gasteiger partial charge is 0.394 e. The van der Waals surface area contributed by atoms with Crippen LogP contribution in [0.2, 0.25) is 0 Å². The van der Waals surface area contributed by atoms with E-state index in [4.69, 9.17) is 5.11 Å². The number of amides is 2. The lowest BCUT2D eigenvalue weighted by Gasteiger charge is -2.35. The SMILES string of the molecule is O=C(NC1C(=O)NCCC1[C@@H](O)[C@H](O)CO)c1ccccc1. The second kappa shape index (κ2) is 7.35. The molecule has 1 fully saturated rings. The molecule has 4 atom stereocenters. The van der Waals surface area contributed by atoms with Crippen LogP contribution in [0, 0.1) is 5.92 Å². The zero-order chi connectivity index (χ0) is 16.1. The van der Waals surface area contributed by atoms with Crippen molar-refractivity contribution in [3.05, 3.63) is 35.9 Å². The van der Waals surface area contributed by atoms with Gasteiger partial charge in [0.15, 0.2) is 0 Å². The van der Waals surface area contributed by atoms with Gasteiger partial charge < -0.3 is 26.0 Å². The number of piperidine rings is 1. The average molecular weight is 308 g/mol. The topological polar surface area (TPSA) is 119 Å². The molecule has 0 aliphatic carbocycles. The molecule has 120 valence electrons. The molecule has 0 bridgehead atoms. The maximum absolute atomic E-state index is 12.2. The third kappa shape index (κ3) is 3.62. The lowest BCUT2D eigenvalue weighted by atomic mass is 9.84. The van der Waals surface area contributed by atoms with Crippen molar-refractivity contribution in [2.24, 2.45) is 5.92 Å². The van der Waals surface area contributed by atoms with Crippen LogP contribution in [0.3, 0.4) is 0 Å². The molecule has 1 heterocycles. The Morgan fingerprint density at radius 3 is 2.64 bits per heavy atom. The number of nitrogens with one attached hydrogen (secondary N) is 2. The Kier molecular flexibility index (Phi) is 5.48. The summed E-state index contributed by atoms with van der Waals surface area (Å²) in [5.74, 6) is -1.51. The molecular formula is C15H20N2O5. The number of rotatable bonds is 5. The van der Waals surface area contributed by atoms with E-state index >= 15 is 0 Å². The van der Waals surface area contributed by atoms with Gasteiger partial charge in [0.2, 0.25) is 5.91 Å². The van der Waals surface area contributed by atoms with E-state index in [1.54, 1.807) is 30.3 Å². The second-order valence-corrected chi connectivity index (χ2v) is 5.30. The summed E-state index contributed by atoms with van der Waals surface area (Å²) in [5, 5.41) is 33.8. The first-order chi connectivity index (χ1) is 10.5. The van der Waals surface area contributed by atoms with Crippen LogP contribution in [0.1, 0.15) is 16.8 Å². The Bertz CT molecular complexity index is 522. The highest BCUT2D eigenvalue weighted by Crippen LogP contribution is 2.21. The first-order valence-corrected chi connectivity index (χ1v) is 7.15. The Labute approximate surface area is 128 Å². The van der Waals surface area contributed by atoms with Crippen molar-refractivity contribution in [2.45, 2.75) is 24.7 Å². The van der Waals surface area contributed by atoms with Gasteiger partial charge in [0.1, 0.15) is 12.1 Å². The van der Waals surface area contributed by atoms with E-state index in [-0.39, 0.29) is 0 Å². The van der Waals surface area contributed by atoms with Crippen LogP contribution in [-0.4, -0.2) is 58.5 Å². The maximum atomic E-state index is 12.2. The summed E-state index contributed by atoms with van der Waals surface area (Å²) in [4.78, 5) is 24.2. The standard InChI is InChI=1S/C15H20N2O5/c18-8-11(19)13(20)10-6-7-16-15(22)12(10)17-14(21)9-4-2-1-3-5-9/h1-5,10-13,18-20H,6-8H2,(H,16,22)(H,17,21)/t10?,11-,12?,13-/m1/s1.